The number of aliphatic hydroxyl groups is 1. The zero-order valence-corrected chi connectivity index (χ0v) is 11.8. The third-order valence-corrected chi connectivity index (χ3v) is 2.76. The molecule has 0 saturated heterocycles. The molecule has 3 heteroatoms. The average Bonchev–Trinajstić information content (AvgIpc) is 2.37. The molecule has 0 aliphatic carbocycles. The fourth-order valence-electron chi connectivity index (χ4n) is 1.69. The number of allylic oxidation sites excluding steroid dienone is 4. The highest BCUT2D eigenvalue weighted by atomic mass is 16.4. The van der Waals surface area contributed by atoms with Gasteiger partial charge in [-0.15, -0.1) is 0 Å². The fraction of sp³-hybridized carbons (Fsp3) is 0.562. The molecule has 0 fully saturated rings. The van der Waals surface area contributed by atoms with Crippen LogP contribution in [0, 0.1) is 0 Å². The molecular weight excluding hydrogens is 240 g/mol. The van der Waals surface area contributed by atoms with E-state index in [-0.39, 0.29) is 0 Å². The SMILES string of the molecule is CCCCCCCCC(O)C=CC=CC=CC(=O)O. The predicted octanol–water partition coefficient (Wildman–Crippen LogP) is 3.85. The van der Waals surface area contributed by atoms with Crippen molar-refractivity contribution in [2.45, 2.75) is 58.0 Å². The topological polar surface area (TPSA) is 57.5 Å². The summed E-state index contributed by atoms with van der Waals surface area (Å²) in [6.45, 7) is 2.20. The monoisotopic (exact) mass is 266 g/mol. The van der Waals surface area contributed by atoms with Crippen molar-refractivity contribution >= 4 is 5.97 Å². The van der Waals surface area contributed by atoms with Crippen molar-refractivity contribution in [1.29, 1.82) is 0 Å². The van der Waals surface area contributed by atoms with E-state index in [0.717, 1.165) is 18.9 Å². The Hall–Kier alpha value is -1.35. The van der Waals surface area contributed by atoms with Gasteiger partial charge >= 0.3 is 5.97 Å². The van der Waals surface area contributed by atoms with E-state index in [2.05, 4.69) is 6.92 Å². The first-order valence-electron chi connectivity index (χ1n) is 7.09. The molecule has 1 atom stereocenters. The molecule has 0 aromatic carbocycles. The second kappa shape index (κ2) is 13.1. The van der Waals surface area contributed by atoms with Crippen molar-refractivity contribution in [1.82, 2.24) is 0 Å². The van der Waals surface area contributed by atoms with Gasteiger partial charge in [0, 0.05) is 6.08 Å². The molecule has 0 aromatic rings. The smallest absolute Gasteiger partial charge is 0.328 e. The zero-order chi connectivity index (χ0) is 14.3. The quantitative estimate of drug-likeness (QED) is 0.339. The third kappa shape index (κ3) is 14.6. The fourth-order valence-corrected chi connectivity index (χ4v) is 1.69. The summed E-state index contributed by atoms with van der Waals surface area (Å²) in [6, 6.07) is 0. The summed E-state index contributed by atoms with van der Waals surface area (Å²) >= 11 is 0. The molecule has 0 amide bonds. The van der Waals surface area contributed by atoms with E-state index in [9.17, 15) is 9.90 Å². The number of rotatable bonds is 11. The molecule has 0 rings (SSSR count). The first kappa shape index (κ1) is 17.6. The van der Waals surface area contributed by atoms with Crippen molar-refractivity contribution in [3.63, 3.8) is 0 Å². The molecule has 0 aliphatic rings. The maximum atomic E-state index is 10.2. The summed E-state index contributed by atoms with van der Waals surface area (Å²) in [5.74, 6) is -0.961. The number of hydrogen-bond donors (Lipinski definition) is 2. The molecule has 108 valence electrons. The van der Waals surface area contributed by atoms with E-state index in [4.69, 9.17) is 5.11 Å². The number of aliphatic carboxylic acids is 1. The lowest BCUT2D eigenvalue weighted by atomic mass is 10.1. The molecule has 0 bridgehead atoms. The van der Waals surface area contributed by atoms with E-state index >= 15 is 0 Å². The van der Waals surface area contributed by atoms with Crippen LogP contribution in [0.3, 0.4) is 0 Å². The highest BCUT2D eigenvalue weighted by Crippen LogP contribution is 2.09. The Balaban J connectivity index is 3.56. The lowest BCUT2D eigenvalue weighted by molar-refractivity contribution is -0.131. The summed E-state index contributed by atoms with van der Waals surface area (Å²) in [5, 5.41) is 18.0. The van der Waals surface area contributed by atoms with Crippen LogP contribution >= 0.6 is 0 Å². The van der Waals surface area contributed by atoms with Gasteiger partial charge in [0.25, 0.3) is 0 Å². The van der Waals surface area contributed by atoms with Crippen LogP contribution in [0.5, 0.6) is 0 Å². The van der Waals surface area contributed by atoms with Crippen LogP contribution in [-0.4, -0.2) is 22.3 Å². The first-order valence-corrected chi connectivity index (χ1v) is 7.09. The van der Waals surface area contributed by atoms with Crippen LogP contribution in [0.15, 0.2) is 36.5 Å². The van der Waals surface area contributed by atoms with Gasteiger partial charge in [-0.05, 0) is 6.42 Å². The van der Waals surface area contributed by atoms with Crippen LogP contribution in [0.25, 0.3) is 0 Å². The van der Waals surface area contributed by atoms with E-state index in [1.54, 1.807) is 24.3 Å². The van der Waals surface area contributed by atoms with E-state index in [1.807, 2.05) is 0 Å². The molecule has 0 saturated carbocycles. The second-order valence-corrected chi connectivity index (χ2v) is 4.59. The van der Waals surface area contributed by atoms with Crippen molar-refractivity contribution < 1.29 is 15.0 Å². The maximum absolute atomic E-state index is 10.2. The zero-order valence-electron chi connectivity index (χ0n) is 11.8. The summed E-state index contributed by atoms with van der Waals surface area (Å²) < 4.78 is 0. The van der Waals surface area contributed by atoms with Crippen LogP contribution in [0.2, 0.25) is 0 Å². The second-order valence-electron chi connectivity index (χ2n) is 4.59. The summed E-state index contributed by atoms with van der Waals surface area (Å²) in [5.41, 5.74) is 0. The van der Waals surface area contributed by atoms with Crippen LogP contribution in [0.4, 0.5) is 0 Å². The van der Waals surface area contributed by atoms with Crippen LogP contribution in [0.1, 0.15) is 51.9 Å². The molecule has 3 nitrogen and oxygen atoms in total. The van der Waals surface area contributed by atoms with E-state index in [1.165, 1.54) is 38.2 Å². The molecule has 0 aliphatic heterocycles. The van der Waals surface area contributed by atoms with Crippen LogP contribution < -0.4 is 0 Å². The normalized spacial score (nSPS) is 13.8. The number of carboxylic acid groups (broad SMARTS) is 1. The first-order chi connectivity index (χ1) is 9.16. The molecule has 0 heterocycles. The van der Waals surface area contributed by atoms with Crippen molar-refractivity contribution in [2.24, 2.45) is 0 Å². The maximum Gasteiger partial charge on any atom is 0.328 e. The van der Waals surface area contributed by atoms with Crippen molar-refractivity contribution in [2.75, 3.05) is 0 Å². The molecule has 0 aromatic heterocycles. The summed E-state index contributed by atoms with van der Waals surface area (Å²) in [6.07, 6.45) is 17.1. The molecule has 19 heavy (non-hydrogen) atoms. The minimum atomic E-state index is -0.961. The highest BCUT2D eigenvalue weighted by Gasteiger charge is 1.97. The van der Waals surface area contributed by atoms with Gasteiger partial charge in [0.2, 0.25) is 0 Å². The minimum Gasteiger partial charge on any atom is -0.478 e. The lowest BCUT2D eigenvalue weighted by Gasteiger charge is -2.04. The van der Waals surface area contributed by atoms with Crippen molar-refractivity contribution in [3.05, 3.63) is 36.5 Å². The highest BCUT2D eigenvalue weighted by molar-refractivity contribution is 5.80. The van der Waals surface area contributed by atoms with E-state index in [0.29, 0.717) is 0 Å². The average molecular weight is 266 g/mol. The Kier molecular flexibility index (Phi) is 12.2. The molecule has 0 radical (unpaired) electrons. The van der Waals surface area contributed by atoms with Crippen LogP contribution in [-0.2, 0) is 4.79 Å². The number of carbonyl (C=O) groups is 1. The summed E-state index contributed by atoms with van der Waals surface area (Å²) in [4.78, 5) is 10.2. The van der Waals surface area contributed by atoms with Gasteiger partial charge in [-0.25, -0.2) is 4.79 Å². The Morgan fingerprint density at radius 3 is 2.32 bits per heavy atom. The van der Waals surface area contributed by atoms with Gasteiger partial charge < -0.3 is 10.2 Å². The van der Waals surface area contributed by atoms with Gasteiger partial charge in [0.05, 0.1) is 6.10 Å². The van der Waals surface area contributed by atoms with Gasteiger partial charge in [0.1, 0.15) is 0 Å². The van der Waals surface area contributed by atoms with Gasteiger partial charge in [-0.3, -0.25) is 0 Å². The summed E-state index contributed by atoms with van der Waals surface area (Å²) in [7, 11) is 0. The Labute approximate surface area is 116 Å². The number of carboxylic acids is 1. The molecular formula is C16H26O3. The molecule has 2 N–H and O–H groups in total. The predicted molar refractivity (Wildman–Crippen MR) is 79.1 cm³/mol. The molecule has 0 spiro atoms. The third-order valence-electron chi connectivity index (χ3n) is 2.76. The van der Waals surface area contributed by atoms with Gasteiger partial charge in [0.15, 0.2) is 0 Å². The van der Waals surface area contributed by atoms with Gasteiger partial charge in [-0.2, -0.15) is 0 Å². The molecule has 1 unspecified atom stereocenters. The van der Waals surface area contributed by atoms with Gasteiger partial charge in [-0.1, -0.05) is 75.8 Å². The largest absolute Gasteiger partial charge is 0.478 e. The standard InChI is InChI=1S/C16H26O3/c1-2-3-4-5-6-9-12-15(17)13-10-7-8-11-14-16(18)19/h7-8,10-11,13-15,17H,2-6,9,12H2,1H3,(H,18,19). The number of hydrogen-bond acceptors (Lipinski definition) is 2. The van der Waals surface area contributed by atoms with E-state index < -0.39 is 12.1 Å². The Bertz CT molecular complexity index is 303. The number of aliphatic hydroxyl groups excluding tert-OH is 1. The Morgan fingerprint density at radius 2 is 1.63 bits per heavy atom. The van der Waals surface area contributed by atoms with Crippen molar-refractivity contribution in [3.8, 4) is 0 Å². The number of unbranched alkanes of at least 4 members (excludes halogenated alkanes) is 5. The minimum absolute atomic E-state index is 0.403. The Morgan fingerprint density at radius 1 is 1.00 bits per heavy atom. The lowest BCUT2D eigenvalue weighted by Crippen LogP contribution is -2.01.